The van der Waals surface area contributed by atoms with Crippen molar-refractivity contribution >= 4 is 11.7 Å². The van der Waals surface area contributed by atoms with E-state index in [4.69, 9.17) is 4.74 Å². The Morgan fingerprint density at radius 2 is 2.05 bits per heavy atom. The van der Waals surface area contributed by atoms with Crippen LogP contribution in [0.3, 0.4) is 0 Å². The van der Waals surface area contributed by atoms with Crippen molar-refractivity contribution in [3.8, 4) is 0 Å². The molecule has 0 aliphatic heterocycles. The zero-order chi connectivity index (χ0) is 15.4. The third kappa shape index (κ3) is 3.33. The summed E-state index contributed by atoms with van der Waals surface area (Å²) in [6, 6.07) is 10.2. The Labute approximate surface area is 120 Å². The van der Waals surface area contributed by atoms with Crippen molar-refractivity contribution in [2.45, 2.75) is 13.0 Å². The largest absolute Gasteiger partial charge is 0.618 e. The number of carbonyl (C=O) groups is 1. The van der Waals surface area contributed by atoms with Crippen molar-refractivity contribution in [1.82, 2.24) is 0 Å². The molecule has 0 aliphatic carbocycles. The van der Waals surface area contributed by atoms with E-state index in [9.17, 15) is 20.1 Å². The molecule has 21 heavy (non-hydrogen) atoms. The number of nitrogens with zero attached hydrogens (tertiary/aromatic N) is 2. The molecule has 0 saturated carbocycles. The zero-order valence-electron chi connectivity index (χ0n) is 11.1. The molecule has 0 radical (unpaired) electrons. The SMILES string of the molecule is C[C@@H](OC(=O)c1cccc[n+]1[O-])c1cccc([N+](=O)[O-])c1. The molecular weight excluding hydrogens is 276 g/mol. The van der Waals surface area contributed by atoms with Gasteiger partial charge in [-0.15, -0.1) is 0 Å². The van der Waals surface area contributed by atoms with Gasteiger partial charge in [-0.25, -0.2) is 4.79 Å². The molecule has 2 rings (SSSR count). The number of pyridine rings is 1. The summed E-state index contributed by atoms with van der Waals surface area (Å²) in [7, 11) is 0. The van der Waals surface area contributed by atoms with Gasteiger partial charge in [0.1, 0.15) is 6.10 Å². The number of non-ortho nitro benzene ring substituents is 1. The number of carbonyl (C=O) groups excluding carboxylic acids is 1. The summed E-state index contributed by atoms with van der Waals surface area (Å²) in [6.45, 7) is 1.58. The molecule has 0 N–H and O–H groups in total. The lowest BCUT2D eigenvalue weighted by Gasteiger charge is -2.13. The molecule has 0 unspecified atom stereocenters. The first-order valence-corrected chi connectivity index (χ1v) is 6.12. The predicted octanol–water partition coefficient (Wildman–Crippen LogP) is 2.15. The number of hydrogen-bond acceptors (Lipinski definition) is 5. The number of benzene rings is 1. The van der Waals surface area contributed by atoms with E-state index < -0.39 is 17.0 Å². The van der Waals surface area contributed by atoms with E-state index in [1.807, 2.05) is 0 Å². The molecular formula is C14H12N2O5. The minimum atomic E-state index is -0.787. The van der Waals surface area contributed by atoms with Crippen LogP contribution < -0.4 is 4.73 Å². The monoisotopic (exact) mass is 288 g/mol. The number of nitro groups is 1. The molecule has 1 aromatic carbocycles. The second-order valence-corrected chi connectivity index (χ2v) is 4.31. The van der Waals surface area contributed by atoms with Crippen molar-refractivity contribution in [1.29, 1.82) is 0 Å². The van der Waals surface area contributed by atoms with E-state index in [0.717, 1.165) is 0 Å². The van der Waals surface area contributed by atoms with Gasteiger partial charge in [0.05, 0.1) is 4.92 Å². The van der Waals surface area contributed by atoms with Crippen LogP contribution in [-0.2, 0) is 4.74 Å². The number of aromatic nitrogens is 1. The Morgan fingerprint density at radius 1 is 1.29 bits per heavy atom. The normalized spacial score (nSPS) is 11.7. The fourth-order valence-electron chi connectivity index (χ4n) is 1.77. The second-order valence-electron chi connectivity index (χ2n) is 4.31. The maximum absolute atomic E-state index is 11.9. The summed E-state index contributed by atoms with van der Waals surface area (Å²) in [6.07, 6.45) is 0.479. The van der Waals surface area contributed by atoms with E-state index in [2.05, 4.69) is 0 Å². The Bertz CT molecular complexity index is 687. The third-order valence-corrected chi connectivity index (χ3v) is 2.87. The molecule has 1 atom stereocenters. The zero-order valence-corrected chi connectivity index (χ0v) is 11.1. The summed E-state index contributed by atoms with van der Waals surface area (Å²) in [5.41, 5.74) is 0.245. The van der Waals surface area contributed by atoms with Crippen molar-refractivity contribution in [2.75, 3.05) is 0 Å². The van der Waals surface area contributed by atoms with Gasteiger partial charge in [0.25, 0.3) is 5.69 Å². The molecule has 1 aromatic heterocycles. The first-order valence-electron chi connectivity index (χ1n) is 6.12. The molecule has 7 heteroatoms. The van der Waals surface area contributed by atoms with Gasteiger partial charge in [0, 0.05) is 24.3 Å². The van der Waals surface area contributed by atoms with Crippen molar-refractivity contribution in [3.63, 3.8) is 0 Å². The van der Waals surface area contributed by atoms with E-state index in [-0.39, 0.29) is 11.4 Å². The first-order chi connectivity index (χ1) is 9.99. The lowest BCUT2D eigenvalue weighted by atomic mass is 10.1. The Balaban J connectivity index is 2.16. The highest BCUT2D eigenvalue weighted by Gasteiger charge is 2.21. The van der Waals surface area contributed by atoms with Crippen LogP contribution in [0.5, 0.6) is 0 Å². The Morgan fingerprint density at radius 3 is 2.71 bits per heavy atom. The van der Waals surface area contributed by atoms with Gasteiger partial charge in [-0.05, 0) is 18.6 Å². The van der Waals surface area contributed by atoms with Gasteiger partial charge >= 0.3 is 11.7 Å². The van der Waals surface area contributed by atoms with Crippen LogP contribution in [0.4, 0.5) is 5.69 Å². The topological polar surface area (TPSA) is 96.4 Å². The van der Waals surface area contributed by atoms with Crippen molar-refractivity contribution in [2.24, 2.45) is 0 Å². The highest BCUT2D eigenvalue weighted by molar-refractivity contribution is 5.85. The van der Waals surface area contributed by atoms with E-state index in [0.29, 0.717) is 10.3 Å². The van der Waals surface area contributed by atoms with Crippen LogP contribution in [-0.4, -0.2) is 10.9 Å². The average Bonchev–Trinajstić information content (AvgIpc) is 2.47. The van der Waals surface area contributed by atoms with Crippen LogP contribution in [0, 0.1) is 15.3 Å². The first kappa shape index (κ1) is 14.4. The standard InChI is InChI=1S/C14H12N2O5/c1-10(11-5-4-6-12(9-11)16(19)20)21-14(17)13-7-2-3-8-15(13)18/h2-10H,1H3/t10-/m1/s1. The molecule has 0 bridgehead atoms. The molecule has 0 aliphatic rings. The van der Waals surface area contributed by atoms with Crippen LogP contribution in [0.25, 0.3) is 0 Å². The number of ether oxygens (including phenoxy) is 1. The fraction of sp³-hybridized carbons (Fsp3) is 0.143. The molecule has 1 heterocycles. The van der Waals surface area contributed by atoms with Crippen LogP contribution in [0.15, 0.2) is 48.7 Å². The fourth-order valence-corrected chi connectivity index (χ4v) is 1.77. The van der Waals surface area contributed by atoms with Crippen molar-refractivity contribution < 1.29 is 19.2 Å². The smallest absolute Gasteiger partial charge is 0.405 e. The number of nitro benzene ring substituents is 1. The minimum Gasteiger partial charge on any atom is -0.618 e. The number of esters is 1. The van der Waals surface area contributed by atoms with Gasteiger partial charge < -0.3 is 9.94 Å². The van der Waals surface area contributed by atoms with Gasteiger partial charge in [0.15, 0.2) is 6.20 Å². The highest BCUT2D eigenvalue weighted by Crippen LogP contribution is 2.22. The molecule has 0 amide bonds. The number of hydrogen-bond donors (Lipinski definition) is 0. The minimum absolute atomic E-state index is 0.0889. The maximum atomic E-state index is 11.9. The highest BCUT2D eigenvalue weighted by atomic mass is 16.6. The molecule has 0 saturated heterocycles. The van der Waals surface area contributed by atoms with Gasteiger partial charge in [-0.1, -0.05) is 12.1 Å². The van der Waals surface area contributed by atoms with E-state index in [1.165, 1.54) is 36.5 Å². The summed E-state index contributed by atoms with van der Waals surface area (Å²) in [4.78, 5) is 22.1. The quantitative estimate of drug-likeness (QED) is 0.282. The van der Waals surface area contributed by atoms with Gasteiger partial charge in [-0.2, -0.15) is 4.73 Å². The third-order valence-electron chi connectivity index (χ3n) is 2.87. The molecule has 0 spiro atoms. The molecule has 0 fully saturated rings. The summed E-state index contributed by atoms with van der Waals surface area (Å²) in [5, 5.41) is 22.2. The average molecular weight is 288 g/mol. The van der Waals surface area contributed by atoms with E-state index >= 15 is 0 Å². The van der Waals surface area contributed by atoms with Crippen LogP contribution in [0.2, 0.25) is 0 Å². The van der Waals surface area contributed by atoms with Gasteiger partial charge in [0.2, 0.25) is 0 Å². The molecule has 2 aromatic rings. The van der Waals surface area contributed by atoms with E-state index in [1.54, 1.807) is 19.1 Å². The summed E-state index contributed by atoms with van der Waals surface area (Å²) >= 11 is 0. The molecule has 7 nitrogen and oxygen atoms in total. The predicted molar refractivity (Wildman–Crippen MR) is 72.3 cm³/mol. The maximum Gasteiger partial charge on any atom is 0.405 e. The van der Waals surface area contributed by atoms with Gasteiger partial charge in [-0.3, -0.25) is 10.1 Å². The Kier molecular flexibility index (Phi) is 4.13. The Hall–Kier alpha value is -2.96. The number of rotatable bonds is 4. The second kappa shape index (κ2) is 6.00. The summed E-state index contributed by atoms with van der Waals surface area (Å²) < 4.78 is 5.56. The molecule has 108 valence electrons. The van der Waals surface area contributed by atoms with Crippen LogP contribution >= 0.6 is 0 Å². The lowest BCUT2D eigenvalue weighted by Crippen LogP contribution is -2.34. The summed E-state index contributed by atoms with van der Waals surface area (Å²) in [5.74, 6) is -0.787. The lowest BCUT2D eigenvalue weighted by molar-refractivity contribution is -0.608. The van der Waals surface area contributed by atoms with Crippen molar-refractivity contribution in [3.05, 3.63) is 75.2 Å². The van der Waals surface area contributed by atoms with Crippen LogP contribution in [0.1, 0.15) is 29.1 Å².